The maximum atomic E-state index is 12.6. The SMILES string of the molecule is CN(Cc1ccc(C(F)(F)F)cc1)Cc1ccc(C(N)=O)cc1[N+](=O)[O-]. The van der Waals surface area contributed by atoms with Crippen LogP contribution >= 0.6 is 0 Å². The molecule has 0 aliphatic carbocycles. The molecule has 138 valence electrons. The van der Waals surface area contributed by atoms with E-state index in [0.29, 0.717) is 17.7 Å². The van der Waals surface area contributed by atoms with Gasteiger partial charge in [0.05, 0.1) is 10.5 Å². The molecule has 0 fully saturated rings. The topological polar surface area (TPSA) is 89.5 Å². The number of halogens is 3. The van der Waals surface area contributed by atoms with Crippen molar-refractivity contribution >= 4 is 11.6 Å². The van der Waals surface area contributed by atoms with E-state index in [4.69, 9.17) is 5.73 Å². The number of nitro benzene ring substituents is 1. The van der Waals surface area contributed by atoms with Crippen LogP contribution in [0.25, 0.3) is 0 Å². The molecule has 9 heteroatoms. The third-order valence-electron chi connectivity index (χ3n) is 3.74. The van der Waals surface area contributed by atoms with Crippen molar-refractivity contribution in [3.8, 4) is 0 Å². The van der Waals surface area contributed by atoms with Gasteiger partial charge in [0.15, 0.2) is 0 Å². The number of nitrogens with zero attached hydrogens (tertiary/aromatic N) is 2. The second-order valence-electron chi connectivity index (χ2n) is 5.83. The molecule has 0 atom stereocenters. The van der Waals surface area contributed by atoms with Gasteiger partial charge >= 0.3 is 6.18 Å². The molecule has 0 heterocycles. The third-order valence-corrected chi connectivity index (χ3v) is 3.74. The number of hydrogen-bond donors (Lipinski definition) is 1. The third kappa shape index (κ3) is 4.79. The summed E-state index contributed by atoms with van der Waals surface area (Å²) in [7, 11) is 1.68. The largest absolute Gasteiger partial charge is 0.416 e. The lowest BCUT2D eigenvalue weighted by Crippen LogP contribution is -2.19. The molecule has 0 radical (unpaired) electrons. The van der Waals surface area contributed by atoms with E-state index in [-0.39, 0.29) is 17.8 Å². The molecule has 0 bridgehead atoms. The average molecular weight is 367 g/mol. The Kier molecular flexibility index (Phi) is 5.61. The minimum absolute atomic E-state index is 0.0332. The summed E-state index contributed by atoms with van der Waals surface area (Å²) in [4.78, 5) is 23.5. The number of alkyl halides is 3. The van der Waals surface area contributed by atoms with Gasteiger partial charge < -0.3 is 5.73 Å². The van der Waals surface area contributed by atoms with E-state index in [0.717, 1.165) is 18.2 Å². The van der Waals surface area contributed by atoms with Crippen LogP contribution in [0.5, 0.6) is 0 Å². The van der Waals surface area contributed by atoms with Crippen molar-refractivity contribution in [1.29, 1.82) is 0 Å². The fraction of sp³-hybridized carbons (Fsp3) is 0.235. The van der Waals surface area contributed by atoms with Crippen LogP contribution < -0.4 is 5.73 Å². The summed E-state index contributed by atoms with van der Waals surface area (Å²) >= 11 is 0. The quantitative estimate of drug-likeness (QED) is 0.626. The molecule has 2 aromatic carbocycles. The van der Waals surface area contributed by atoms with Gasteiger partial charge in [0.2, 0.25) is 5.91 Å². The maximum Gasteiger partial charge on any atom is 0.416 e. The zero-order valence-electron chi connectivity index (χ0n) is 13.8. The maximum absolute atomic E-state index is 12.6. The summed E-state index contributed by atoms with van der Waals surface area (Å²) < 4.78 is 37.7. The number of carbonyl (C=O) groups is 1. The second kappa shape index (κ2) is 7.52. The lowest BCUT2D eigenvalue weighted by molar-refractivity contribution is -0.385. The zero-order valence-corrected chi connectivity index (χ0v) is 13.8. The Morgan fingerprint density at radius 1 is 1.15 bits per heavy atom. The van der Waals surface area contributed by atoms with Crippen molar-refractivity contribution in [2.45, 2.75) is 19.3 Å². The summed E-state index contributed by atoms with van der Waals surface area (Å²) in [6.07, 6.45) is -4.40. The van der Waals surface area contributed by atoms with Gasteiger partial charge in [-0.2, -0.15) is 13.2 Å². The van der Waals surface area contributed by atoms with Gasteiger partial charge in [0.1, 0.15) is 0 Å². The molecule has 1 amide bonds. The Bertz CT molecular complexity index is 820. The first-order chi connectivity index (χ1) is 12.1. The standard InChI is InChI=1S/C17H16F3N3O3/c1-22(9-11-2-6-14(7-3-11)17(18,19)20)10-13-5-4-12(16(21)24)8-15(13)23(25)26/h2-8H,9-10H2,1H3,(H2,21,24). The van der Waals surface area contributed by atoms with Gasteiger partial charge in [0, 0.05) is 30.3 Å². The highest BCUT2D eigenvalue weighted by molar-refractivity contribution is 5.93. The van der Waals surface area contributed by atoms with Gasteiger partial charge in [-0.05, 0) is 30.8 Å². The number of amides is 1. The Hall–Kier alpha value is -2.94. The predicted octanol–water partition coefficient (Wildman–Crippen LogP) is 3.34. The predicted molar refractivity (Wildman–Crippen MR) is 88.2 cm³/mol. The molecule has 0 aliphatic rings. The first-order valence-corrected chi connectivity index (χ1v) is 7.49. The smallest absolute Gasteiger partial charge is 0.366 e. The molecule has 2 rings (SSSR count). The van der Waals surface area contributed by atoms with Crippen LogP contribution in [-0.2, 0) is 19.3 Å². The minimum atomic E-state index is -4.40. The van der Waals surface area contributed by atoms with E-state index in [1.165, 1.54) is 24.3 Å². The molecule has 2 N–H and O–H groups in total. The fourth-order valence-corrected chi connectivity index (χ4v) is 2.48. The molecule has 0 saturated heterocycles. The normalized spacial score (nSPS) is 11.6. The van der Waals surface area contributed by atoms with E-state index >= 15 is 0 Å². The Morgan fingerprint density at radius 2 is 1.77 bits per heavy atom. The fourth-order valence-electron chi connectivity index (χ4n) is 2.48. The van der Waals surface area contributed by atoms with Crippen molar-refractivity contribution in [1.82, 2.24) is 4.90 Å². The van der Waals surface area contributed by atoms with E-state index in [2.05, 4.69) is 0 Å². The van der Waals surface area contributed by atoms with Crippen molar-refractivity contribution in [3.63, 3.8) is 0 Å². The van der Waals surface area contributed by atoms with Crippen LogP contribution in [0.4, 0.5) is 18.9 Å². The first kappa shape index (κ1) is 19.4. The summed E-state index contributed by atoms with van der Waals surface area (Å²) in [6.45, 7) is 0.475. The van der Waals surface area contributed by atoms with Gasteiger partial charge in [-0.25, -0.2) is 0 Å². The summed E-state index contributed by atoms with van der Waals surface area (Å²) in [6, 6.07) is 8.68. The average Bonchev–Trinajstić information content (AvgIpc) is 2.54. The molecule has 0 saturated carbocycles. The van der Waals surface area contributed by atoms with Crippen molar-refractivity contribution in [3.05, 3.63) is 74.8 Å². The number of nitro groups is 1. The van der Waals surface area contributed by atoms with Gasteiger partial charge in [-0.1, -0.05) is 18.2 Å². The van der Waals surface area contributed by atoms with Crippen molar-refractivity contribution < 1.29 is 22.9 Å². The lowest BCUT2D eigenvalue weighted by Gasteiger charge is -2.17. The van der Waals surface area contributed by atoms with Crippen LogP contribution in [0.1, 0.15) is 27.0 Å². The Labute approximate surface area is 147 Å². The Morgan fingerprint density at radius 3 is 2.27 bits per heavy atom. The summed E-state index contributed by atoms with van der Waals surface area (Å²) in [5.74, 6) is -0.766. The van der Waals surface area contributed by atoms with E-state index in [1.54, 1.807) is 11.9 Å². The zero-order chi connectivity index (χ0) is 19.5. The Balaban J connectivity index is 2.13. The highest BCUT2D eigenvalue weighted by atomic mass is 19.4. The van der Waals surface area contributed by atoms with E-state index < -0.39 is 22.6 Å². The van der Waals surface area contributed by atoms with Crippen LogP contribution in [0.2, 0.25) is 0 Å². The highest BCUT2D eigenvalue weighted by Crippen LogP contribution is 2.29. The number of hydrogen-bond acceptors (Lipinski definition) is 4. The number of primary amides is 1. The van der Waals surface area contributed by atoms with Crippen molar-refractivity contribution in [2.24, 2.45) is 5.73 Å². The van der Waals surface area contributed by atoms with Gasteiger partial charge in [-0.15, -0.1) is 0 Å². The number of rotatable bonds is 6. The number of carbonyl (C=O) groups excluding carboxylic acids is 1. The summed E-state index contributed by atoms with van der Waals surface area (Å²) in [5.41, 5.74) is 5.20. The molecule has 0 aliphatic heterocycles. The van der Waals surface area contributed by atoms with Crippen LogP contribution in [0.3, 0.4) is 0 Å². The van der Waals surface area contributed by atoms with Gasteiger partial charge in [0.25, 0.3) is 5.69 Å². The second-order valence-corrected chi connectivity index (χ2v) is 5.83. The van der Waals surface area contributed by atoms with Crippen LogP contribution in [0, 0.1) is 10.1 Å². The molecule has 0 spiro atoms. The monoisotopic (exact) mass is 367 g/mol. The van der Waals surface area contributed by atoms with Gasteiger partial charge in [-0.3, -0.25) is 19.8 Å². The molecular weight excluding hydrogens is 351 g/mol. The van der Waals surface area contributed by atoms with Crippen LogP contribution in [-0.4, -0.2) is 22.8 Å². The summed E-state index contributed by atoms with van der Waals surface area (Å²) in [5, 5.41) is 11.2. The van der Waals surface area contributed by atoms with E-state index in [1.807, 2.05) is 0 Å². The van der Waals surface area contributed by atoms with Crippen LogP contribution in [0.15, 0.2) is 42.5 Å². The molecule has 6 nitrogen and oxygen atoms in total. The first-order valence-electron chi connectivity index (χ1n) is 7.49. The highest BCUT2D eigenvalue weighted by Gasteiger charge is 2.30. The molecule has 2 aromatic rings. The van der Waals surface area contributed by atoms with E-state index in [9.17, 15) is 28.1 Å². The molecule has 0 aromatic heterocycles. The van der Waals surface area contributed by atoms with Crippen molar-refractivity contribution in [2.75, 3.05) is 7.05 Å². The molecule has 26 heavy (non-hydrogen) atoms. The lowest BCUT2D eigenvalue weighted by atomic mass is 10.1. The molecule has 0 unspecified atom stereocenters. The number of benzene rings is 2. The number of nitrogens with two attached hydrogens (primary N) is 1. The minimum Gasteiger partial charge on any atom is -0.366 e. The molecular formula is C17H16F3N3O3.